The quantitative estimate of drug-likeness (QED) is 0.783. The average molecular weight is 426 g/mol. The molecule has 3 fully saturated rings. The summed E-state index contributed by atoms with van der Waals surface area (Å²) >= 11 is 0. The summed E-state index contributed by atoms with van der Waals surface area (Å²) in [6.07, 6.45) is 5.48. The summed E-state index contributed by atoms with van der Waals surface area (Å²) in [5, 5.41) is 13.9. The number of nitrogens with one attached hydrogen (secondary N) is 1. The van der Waals surface area contributed by atoms with E-state index in [4.69, 9.17) is 0 Å². The van der Waals surface area contributed by atoms with Crippen LogP contribution in [0, 0.1) is 0 Å². The number of hydrogen-bond donors (Lipinski definition) is 2. The van der Waals surface area contributed by atoms with Gasteiger partial charge in [-0.3, -0.25) is 9.78 Å². The number of carbonyl (C=O) groups is 1. The van der Waals surface area contributed by atoms with E-state index in [9.17, 15) is 14.3 Å². The van der Waals surface area contributed by atoms with Gasteiger partial charge in [0.25, 0.3) is 0 Å². The summed E-state index contributed by atoms with van der Waals surface area (Å²) < 4.78 is 14.9. The summed E-state index contributed by atoms with van der Waals surface area (Å²) in [5.74, 6) is 0.958. The topological polar surface area (TPSA) is 81.6 Å². The number of phenolic OH excluding ortho intramolecular Hbond substituents is 1. The van der Waals surface area contributed by atoms with Gasteiger partial charge in [0.15, 0.2) is 0 Å². The number of phenols is 1. The standard InChI is InChI=1S/C23H28FN5O2/c1-28-12-14(8-22(28)31)13-3-5-16(20(30)7-13)18-10-26-21(11-25-18)29(2)19-9-15-4-6-17(27-15)23(19)24/h3,5,7,10-11,14-15,17,19,23,27,30H,4,6,8-9,12H2,1-2H3/t14-,15-,17?,19-,23+/m0/s1. The number of fused-ring (bicyclic) bond motifs is 2. The van der Waals surface area contributed by atoms with Gasteiger partial charge in [0.1, 0.15) is 17.7 Å². The third-order valence-electron chi connectivity index (χ3n) is 7.16. The molecule has 2 bridgehead atoms. The van der Waals surface area contributed by atoms with Crippen LogP contribution in [-0.4, -0.2) is 70.8 Å². The van der Waals surface area contributed by atoms with Gasteiger partial charge in [-0.05, 0) is 37.0 Å². The molecule has 1 amide bonds. The third-order valence-corrected chi connectivity index (χ3v) is 7.16. The summed E-state index contributed by atoms with van der Waals surface area (Å²) in [6.45, 7) is 0.659. The molecule has 31 heavy (non-hydrogen) atoms. The predicted octanol–water partition coefficient (Wildman–Crippen LogP) is 2.46. The van der Waals surface area contributed by atoms with Crippen molar-refractivity contribution in [1.82, 2.24) is 20.2 Å². The number of aromatic nitrogens is 2. The Kier molecular flexibility index (Phi) is 5.04. The molecule has 8 heteroatoms. The van der Waals surface area contributed by atoms with Crippen molar-refractivity contribution in [2.45, 2.75) is 55.9 Å². The average Bonchev–Trinajstić information content (AvgIpc) is 3.34. The number of benzene rings is 1. The largest absolute Gasteiger partial charge is 0.507 e. The first kappa shape index (κ1) is 20.2. The third kappa shape index (κ3) is 3.63. The van der Waals surface area contributed by atoms with Crippen molar-refractivity contribution < 1.29 is 14.3 Å². The summed E-state index contributed by atoms with van der Waals surface area (Å²) in [6, 6.07) is 5.58. The van der Waals surface area contributed by atoms with E-state index in [1.54, 1.807) is 30.4 Å². The number of carbonyl (C=O) groups excluding carboxylic acids is 1. The Labute approximate surface area is 181 Å². The monoisotopic (exact) mass is 425 g/mol. The number of likely N-dealkylation sites (N-methyl/N-ethyl adjacent to an activating group) is 1. The zero-order chi connectivity index (χ0) is 21.7. The number of rotatable bonds is 4. The van der Waals surface area contributed by atoms with Gasteiger partial charge in [-0.2, -0.15) is 0 Å². The minimum atomic E-state index is -0.927. The Morgan fingerprint density at radius 1 is 1.26 bits per heavy atom. The first-order chi connectivity index (χ1) is 14.9. The molecule has 7 nitrogen and oxygen atoms in total. The molecular weight excluding hydrogens is 397 g/mol. The van der Waals surface area contributed by atoms with Crippen LogP contribution in [-0.2, 0) is 4.79 Å². The molecule has 3 aliphatic heterocycles. The van der Waals surface area contributed by atoms with Crippen molar-refractivity contribution in [2.24, 2.45) is 0 Å². The van der Waals surface area contributed by atoms with E-state index in [0.29, 0.717) is 36.1 Å². The lowest BCUT2D eigenvalue weighted by Gasteiger charge is -2.38. The molecule has 1 aromatic carbocycles. The number of nitrogens with zero attached hydrogens (tertiary/aromatic N) is 4. The van der Waals surface area contributed by atoms with E-state index in [2.05, 4.69) is 15.3 Å². The second-order valence-electron chi connectivity index (χ2n) is 9.12. The van der Waals surface area contributed by atoms with E-state index in [0.717, 1.165) is 24.8 Å². The fourth-order valence-electron chi connectivity index (χ4n) is 5.27. The van der Waals surface area contributed by atoms with Gasteiger partial charge in [0.2, 0.25) is 5.91 Å². The number of alkyl halides is 1. The number of amides is 1. The molecule has 3 saturated heterocycles. The van der Waals surface area contributed by atoms with Crippen LogP contribution in [0.15, 0.2) is 30.6 Å². The molecule has 2 aromatic rings. The minimum absolute atomic E-state index is 0.0659. The van der Waals surface area contributed by atoms with Crippen molar-refractivity contribution in [3.8, 4) is 17.0 Å². The highest BCUT2D eigenvalue weighted by molar-refractivity contribution is 5.79. The zero-order valence-electron chi connectivity index (χ0n) is 17.8. The maximum Gasteiger partial charge on any atom is 0.223 e. The molecule has 1 unspecified atom stereocenters. The number of likely N-dealkylation sites (tertiary alicyclic amines) is 1. The van der Waals surface area contributed by atoms with E-state index in [-0.39, 0.29) is 29.7 Å². The van der Waals surface area contributed by atoms with Crippen molar-refractivity contribution >= 4 is 11.7 Å². The lowest BCUT2D eigenvalue weighted by molar-refractivity contribution is -0.126. The fraction of sp³-hybridized carbons (Fsp3) is 0.522. The van der Waals surface area contributed by atoms with Crippen LogP contribution >= 0.6 is 0 Å². The van der Waals surface area contributed by atoms with Crippen LogP contribution in [0.2, 0.25) is 0 Å². The maximum atomic E-state index is 14.9. The van der Waals surface area contributed by atoms with Crippen molar-refractivity contribution in [3.63, 3.8) is 0 Å². The van der Waals surface area contributed by atoms with Crippen LogP contribution in [0.1, 0.15) is 37.2 Å². The molecule has 5 rings (SSSR count). The molecule has 4 heterocycles. The molecule has 2 N–H and O–H groups in total. The van der Waals surface area contributed by atoms with E-state index in [1.807, 2.05) is 24.1 Å². The lowest BCUT2D eigenvalue weighted by atomic mass is 9.96. The molecule has 5 atom stereocenters. The number of anilines is 1. The molecule has 1 aromatic heterocycles. The van der Waals surface area contributed by atoms with Gasteiger partial charge in [0.05, 0.1) is 24.1 Å². The smallest absolute Gasteiger partial charge is 0.223 e. The fourth-order valence-corrected chi connectivity index (χ4v) is 5.27. The Hall–Kier alpha value is -2.74. The highest BCUT2D eigenvalue weighted by Gasteiger charge is 2.43. The summed E-state index contributed by atoms with van der Waals surface area (Å²) in [5.41, 5.74) is 2.09. The second-order valence-corrected chi connectivity index (χ2v) is 9.12. The van der Waals surface area contributed by atoms with Gasteiger partial charge in [0, 0.05) is 50.6 Å². The van der Waals surface area contributed by atoms with Crippen LogP contribution in [0.25, 0.3) is 11.3 Å². The molecule has 0 radical (unpaired) electrons. The second kappa shape index (κ2) is 7.75. The van der Waals surface area contributed by atoms with Gasteiger partial charge < -0.3 is 20.2 Å². The first-order valence-corrected chi connectivity index (χ1v) is 10.9. The number of aromatic hydroxyl groups is 1. The summed E-state index contributed by atoms with van der Waals surface area (Å²) in [4.78, 5) is 24.4. The van der Waals surface area contributed by atoms with Crippen LogP contribution < -0.4 is 10.2 Å². The Morgan fingerprint density at radius 2 is 2.10 bits per heavy atom. The van der Waals surface area contributed by atoms with Crippen molar-refractivity contribution in [2.75, 3.05) is 25.5 Å². The van der Waals surface area contributed by atoms with Crippen LogP contribution in [0.4, 0.5) is 10.2 Å². The van der Waals surface area contributed by atoms with Gasteiger partial charge in [-0.25, -0.2) is 9.37 Å². The SMILES string of the molecule is CN1C[C@@H](c2ccc(-c3cnc(N(C)[C@H]4C[C@@H]5CCC(N5)[C@H]4F)cn3)c(O)c2)CC1=O. The maximum absolute atomic E-state index is 14.9. The van der Waals surface area contributed by atoms with E-state index in [1.165, 1.54) is 0 Å². The van der Waals surface area contributed by atoms with Crippen LogP contribution in [0.3, 0.4) is 0 Å². The van der Waals surface area contributed by atoms with E-state index < -0.39 is 6.17 Å². The van der Waals surface area contributed by atoms with E-state index >= 15 is 0 Å². The molecule has 0 aliphatic carbocycles. The zero-order valence-corrected chi connectivity index (χ0v) is 17.8. The normalized spacial score (nSPS) is 30.1. The van der Waals surface area contributed by atoms with Gasteiger partial charge >= 0.3 is 0 Å². The van der Waals surface area contributed by atoms with Crippen molar-refractivity contribution in [1.29, 1.82) is 0 Å². The van der Waals surface area contributed by atoms with Crippen molar-refractivity contribution in [3.05, 3.63) is 36.2 Å². The number of piperidine rings is 1. The number of halogens is 1. The molecule has 3 aliphatic rings. The Balaban J connectivity index is 1.32. The summed E-state index contributed by atoms with van der Waals surface area (Å²) in [7, 11) is 3.67. The predicted molar refractivity (Wildman–Crippen MR) is 116 cm³/mol. The molecular formula is C23H28FN5O2. The van der Waals surface area contributed by atoms with Gasteiger partial charge in [-0.15, -0.1) is 0 Å². The molecule has 0 saturated carbocycles. The Morgan fingerprint density at radius 3 is 2.77 bits per heavy atom. The highest BCUT2D eigenvalue weighted by atomic mass is 19.1. The Bertz CT molecular complexity index is 984. The molecule has 164 valence electrons. The number of hydrogen-bond acceptors (Lipinski definition) is 6. The first-order valence-electron chi connectivity index (χ1n) is 10.9. The minimum Gasteiger partial charge on any atom is -0.507 e. The van der Waals surface area contributed by atoms with Crippen LogP contribution in [0.5, 0.6) is 5.75 Å². The van der Waals surface area contributed by atoms with Gasteiger partial charge in [-0.1, -0.05) is 6.07 Å². The highest BCUT2D eigenvalue weighted by Crippen LogP contribution is 2.36. The molecule has 0 spiro atoms. The lowest BCUT2D eigenvalue weighted by Crippen LogP contribution is -2.55.